The number of nitrogens with zero attached hydrogens (tertiary/aromatic N) is 1. The first-order chi connectivity index (χ1) is 9.66. The largest absolute Gasteiger partial charge is 0.480 e. The zero-order valence-electron chi connectivity index (χ0n) is 11.0. The van der Waals surface area contributed by atoms with Crippen molar-refractivity contribution >= 4 is 29.3 Å². The van der Waals surface area contributed by atoms with Crippen molar-refractivity contribution in [3.05, 3.63) is 29.3 Å². The van der Waals surface area contributed by atoms with E-state index in [1.807, 2.05) is 12.1 Å². The number of hydrogen-bond donors (Lipinski definition) is 2. The fourth-order valence-electron chi connectivity index (χ4n) is 2.66. The number of benzene rings is 1. The Labute approximate surface area is 121 Å². The number of hydrogen-bond acceptors (Lipinski definition) is 4. The summed E-state index contributed by atoms with van der Waals surface area (Å²) < 4.78 is 0. The van der Waals surface area contributed by atoms with E-state index in [-0.39, 0.29) is 5.91 Å². The van der Waals surface area contributed by atoms with E-state index < -0.39 is 12.0 Å². The SMILES string of the molecule is O=C(O)C1CSCCN1C(=O)c1ccc2c(c1)CCN2. The van der Waals surface area contributed by atoms with Gasteiger partial charge in [-0.3, -0.25) is 4.79 Å². The van der Waals surface area contributed by atoms with Crippen LogP contribution in [0, 0.1) is 0 Å². The van der Waals surface area contributed by atoms with Crippen LogP contribution in [0.4, 0.5) is 5.69 Å². The standard InChI is InChI=1S/C14H16N2O3S/c17-13(16-5-6-20-8-12(16)14(18)19)10-1-2-11-9(7-10)3-4-15-11/h1-2,7,12,15H,3-6,8H2,(H,18,19). The summed E-state index contributed by atoms with van der Waals surface area (Å²) in [5.41, 5.74) is 2.80. The molecule has 6 heteroatoms. The Balaban J connectivity index is 1.85. The van der Waals surface area contributed by atoms with E-state index >= 15 is 0 Å². The van der Waals surface area contributed by atoms with Gasteiger partial charge in [-0.25, -0.2) is 4.79 Å². The summed E-state index contributed by atoms with van der Waals surface area (Å²) in [6.07, 6.45) is 0.911. The lowest BCUT2D eigenvalue weighted by atomic mass is 10.1. The summed E-state index contributed by atoms with van der Waals surface area (Å²) in [6.45, 7) is 1.39. The lowest BCUT2D eigenvalue weighted by molar-refractivity contribution is -0.141. The Kier molecular flexibility index (Phi) is 3.56. The highest BCUT2D eigenvalue weighted by atomic mass is 32.2. The maximum atomic E-state index is 12.5. The van der Waals surface area contributed by atoms with Gasteiger partial charge in [-0.1, -0.05) is 0 Å². The van der Waals surface area contributed by atoms with E-state index in [1.54, 1.807) is 17.8 Å². The number of fused-ring (bicyclic) bond motifs is 1. The summed E-state index contributed by atoms with van der Waals surface area (Å²) in [4.78, 5) is 25.3. The Morgan fingerprint density at radius 1 is 1.40 bits per heavy atom. The zero-order valence-corrected chi connectivity index (χ0v) is 11.8. The van der Waals surface area contributed by atoms with Crippen molar-refractivity contribution in [2.24, 2.45) is 0 Å². The second-order valence-corrected chi connectivity index (χ2v) is 6.13. The molecule has 1 saturated heterocycles. The highest BCUT2D eigenvalue weighted by Gasteiger charge is 2.33. The van der Waals surface area contributed by atoms with Gasteiger partial charge < -0.3 is 15.3 Å². The predicted octanol–water partition coefficient (Wildman–Crippen LogP) is 1.30. The van der Waals surface area contributed by atoms with Gasteiger partial charge in [0.2, 0.25) is 0 Å². The molecule has 0 aliphatic carbocycles. The first-order valence-corrected chi connectivity index (χ1v) is 7.80. The summed E-state index contributed by atoms with van der Waals surface area (Å²) in [7, 11) is 0. The summed E-state index contributed by atoms with van der Waals surface area (Å²) in [6, 6.07) is 4.86. The van der Waals surface area contributed by atoms with E-state index in [2.05, 4.69) is 5.32 Å². The van der Waals surface area contributed by atoms with Gasteiger partial charge in [0.25, 0.3) is 5.91 Å². The molecule has 2 heterocycles. The summed E-state index contributed by atoms with van der Waals surface area (Å²) in [5, 5.41) is 12.5. The lowest BCUT2D eigenvalue weighted by Gasteiger charge is -2.32. The highest BCUT2D eigenvalue weighted by Crippen LogP contribution is 2.25. The minimum absolute atomic E-state index is 0.174. The second kappa shape index (κ2) is 5.36. The smallest absolute Gasteiger partial charge is 0.327 e. The quantitative estimate of drug-likeness (QED) is 0.860. The van der Waals surface area contributed by atoms with E-state index in [0.29, 0.717) is 17.9 Å². The molecule has 20 heavy (non-hydrogen) atoms. The minimum atomic E-state index is -0.923. The van der Waals surface area contributed by atoms with Gasteiger partial charge in [0.15, 0.2) is 0 Å². The average Bonchev–Trinajstić information content (AvgIpc) is 2.93. The van der Waals surface area contributed by atoms with Crippen molar-refractivity contribution in [1.82, 2.24) is 4.90 Å². The van der Waals surface area contributed by atoms with Gasteiger partial charge in [0, 0.05) is 35.8 Å². The molecule has 1 atom stereocenters. The van der Waals surface area contributed by atoms with Crippen LogP contribution in [0.3, 0.4) is 0 Å². The van der Waals surface area contributed by atoms with Crippen LogP contribution >= 0.6 is 11.8 Å². The van der Waals surface area contributed by atoms with Crippen LogP contribution in [0.2, 0.25) is 0 Å². The fraction of sp³-hybridized carbons (Fsp3) is 0.429. The normalized spacial score (nSPS) is 21.2. The second-order valence-electron chi connectivity index (χ2n) is 4.98. The van der Waals surface area contributed by atoms with Gasteiger partial charge in [-0.05, 0) is 30.2 Å². The van der Waals surface area contributed by atoms with Crippen LogP contribution in [0.1, 0.15) is 15.9 Å². The number of carboxylic acid groups (broad SMARTS) is 1. The highest BCUT2D eigenvalue weighted by molar-refractivity contribution is 7.99. The third kappa shape index (κ3) is 2.35. The molecule has 0 bridgehead atoms. The van der Waals surface area contributed by atoms with Gasteiger partial charge >= 0.3 is 5.97 Å². The number of thioether (sulfide) groups is 1. The molecule has 2 aliphatic rings. The molecular formula is C14H16N2O3S. The number of aliphatic carboxylic acids is 1. The van der Waals surface area contributed by atoms with Gasteiger partial charge in [0.05, 0.1) is 0 Å². The van der Waals surface area contributed by atoms with Crippen molar-refractivity contribution in [1.29, 1.82) is 0 Å². The molecule has 3 rings (SSSR count). The maximum Gasteiger partial charge on any atom is 0.327 e. The Morgan fingerprint density at radius 2 is 2.25 bits per heavy atom. The lowest BCUT2D eigenvalue weighted by Crippen LogP contribution is -2.50. The van der Waals surface area contributed by atoms with Crippen molar-refractivity contribution in [3.8, 4) is 0 Å². The third-order valence-electron chi connectivity index (χ3n) is 3.74. The van der Waals surface area contributed by atoms with E-state index in [4.69, 9.17) is 0 Å². The first kappa shape index (κ1) is 13.3. The zero-order chi connectivity index (χ0) is 14.1. The molecule has 2 aliphatic heterocycles. The number of carbonyl (C=O) groups excluding carboxylic acids is 1. The third-order valence-corrected chi connectivity index (χ3v) is 4.76. The molecule has 2 N–H and O–H groups in total. The molecule has 1 unspecified atom stereocenters. The van der Waals surface area contributed by atoms with Crippen molar-refractivity contribution in [2.75, 3.05) is 29.9 Å². The number of carboxylic acids is 1. The molecule has 106 valence electrons. The van der Waals surface area contributed by atoms with E-state index in [0.717, 1.165) is 30.0 Å². The molecule has 1 amide bonds. The number of rotatable bonds is 2. The molecule has 0 radical (unpaired) electrons. The molecule has 0 saturated carbocycles. The molecule has 0 spiro atoms. The molecule has 1 aromatic carbocycles. The molecule has 1 aromatic rings. The monoisotopic (exact) mass is 292 g/mol. The van der Waals surface area contributed by atoms with Gasteiger partial charge in [-0.15, -0.1) is 0 Å². The average molecular weight is 292 g/mol. The summed E-state index contributed by atoms with van der Waals surface area (Å²) >= 11 is 1.58. The maximum absolute atomic E-state index is 12.5. The number of nitrogens with one attached hydrogen (secondary N) is 1. The van der Waals surface area contributed by atoms with Crippen molar-refractivity contribution < 1.29 is 14.7 Å². The van der Waals surface area contributed by atoms with Crippen LogP contribution in [0.25, 0.3) is 0 Å². The fourth-order valence-corrected chi connectivity index (χ4v) is 3.69. The summed E-state index contributed by atoms with van der Waals surface area (Å²) in [5.74, 6) is 0.163. The number of amides is 1. The van der Waals surface area contributed by atoms with Crippen LogP contribution in [0.15, 0.2) is 18.2 Å². The number of anilines is 1. The van der Waals surface area contributed by atoms with Crippen LogP contribution in [-0.4, -0.2) is 52.5 Å². The molecule has 5 nitrogen and oxygen atoms in total. The van der Waals surface area contributed by atoms with Crippen LogP contribution in [-0.2, 0) is 11.2 Å². The Hall–Kier alpha value is -1.69. The van der Waals surface area contributed by atoms with Crippen LogP contribution < -0.4 is 5.32 Å². The predicted molar refractivity (Wildman–Crippen MR) is 78.4 cm³/mol. The van der Waals surface area contributed by atoms with Crippen molar-refractivity contribution in [3.63, 3.8) is 0 Å². The minimum Gasteiger partial charge on any atom is -0.480 e. The Bertz CT molecular complexity index is 561. The molecular weight excluding hydrogens is 276 g/mol. The van der Waals surface area contributed by atoms with Gasteiger partial charge in [-0.2, -0.15) is 11.8 Å². The van der Waals surface area contributed by atoms with E-state index in [9.17, 15) is 14.7 Å². The van der Waals surface area contributed by atoms with Crippen molar-refractivity contribution in [2.45, 2.75) is 12.5 Å². The molecule has 0 aromatic heterocycles. The van der Waals surface area contributed by atoms with Crippen LogP contribution in [0.5, 0.6) is 0 Å². The number of carbonyl (C=O) groups is 2. The topological polar surface area (TPSA) is 69.6 Å². The Morgan fingerprint density at radius 3 is 3.05 bits per heavy atom. The molecule has 1 fully saturated rings. The van der Waals surface area contributed by atoms with E-state index in [1.165, 1.54) is 4.90 Å². The first-order valence-electron chi connectivity index (χ1n) is 6.65. The van der Waals surface area contributed by atoms with Gasteiger partial charge in [0.1, 0.15) is 6.04 Å².